The number of hydrogen-bond acceptors (Lipinski definition) is 8. The Hall–Kier alpha value is -3.75. The van der Waals surface area contributed by atoms with Gasteiger partial charge in [0.2, 0.25) is 5.78 Å². The summed E-state index contributed by atoms with van der Waals surface area (Å²) >= 11 is 0. The molecule has 2 aromatic carbocycles. The Labute approximate surface area is 139 Å². The monoisotopic (exact) mass is 346 g/mol. The van der Waals surface area contributed by atoms with E-state index in [1.807, 2.05) is 0 Å². The summed E-state index contributed by atoms with van der Waals surface area (Å²) < 4.78 is 4.91. The zero-order valence-corrected chi connectivity index (χ0v) is 12.5. The summed E-state index contributed by atoms with van der Waals surface area (Å²) in [5.41, 5.74) is -2.89. The number of carbonyl (C=O) groups excluding carboxylic acids is 2. The highest BCUT2D eigenvalue weighted by molar-refractivity contribution is 6.32. The van der Waals surface area contributed by atoms with Crippen molar-refractivity contribution in [1.82, 2.24) is 0 Å². The van der Waals surface area contributed by atoms with Crippen molar-refractivity contribution in [2.24, 2.45) is 0 Å². The Morgan fingerprint density at radius 3 is 2.08 bits per heavy atom. The Morgan fingerprint density at radius 1 is 0.880 bits per heavy atom. The second-order valence-electron chi connectivity index (χ2n) is 5.20. The number of aromatic carboxylic acids is 1. The molecule has 0 saturated carbocycles. The fourth-order valence-electron chi connectivity index (χ4n) is 2.82. The van der Waals surface area contributed by atoms with Crippen molar-refractivity contribution < 1.29 is 44.7 Å². The molecule has 0 radical (unpaired) electrons. The third kappa shape index (κ3) is 1.99. The molecule has 9 heteroatoms. The molecule has 25 heavy (non-hydrogen) atoms. The van der Waals surface area contributed by atoms with Crippen LogP contribution in [0.25, 0.3) is 0 Å². The zero-order valence-electron chi connectivity index (χ0n) is 12.5. The average molecular weight is 346 g/mol. The lowest BCUT2D eigenvalue weighted by atomic mass is 9.81. The zero-order chi connectivity index (χ0) is 18.6. The number of carboxylic acids is 1. The van der Waals surface area contributed by atoms with E-state index in [4.69, 9.17) is 4.74 Å². The number of phenols is 4. The molecule has 9 nitrogen and oxygen atoms in total. The van der Waals surface area contributed by atoms with Gasteiger partial charge >= 0.3 is 5.97 Å². The van der Waals surface area contributed by atoms with Gasteiger partial charge in [-0.15, -0.1) is 0 Å². The molecule has 0 aromatic heterocycles. The second-order valence-corrected chi connectivity index (χ2v) is 5.20. The van der Waals surface area contributed by atoms with Crippen molar-refractivity contribution in [1.29, 1.82) is 0 Å². The molecule has 128 valence electrons. The number of phenolic OH excluding ortho intramolecular Hbond substituents is 3. The van der Waals surface area contributed by atoms with Crippen LogP contribution in [0.5, 0.6) is 28.7 Å². The van der Waals surface area contributed by atoms with Gasteiger partial charge in [0.1, 0.15) is 22.8 Å². The van der Waals surface area contributed by atoms with Crippen molar-refractivity contribution in [2.75, 3.05) is 7.11 Å². The topological polar surface area (TPSA) is 162 Å². The molecule has 0 amide bonds. The van der Waals surface area contributed by atoms with Gasteiger partial charge in [-0.25, -0.2) is 4.79 Å². The van der Waals surface area contributed by atoms with Crippen LogP contribution in [-0.2, 0) is 0 Å². The van der Waals surface area contributed by atoms with Crippen molar-refractivity contribution in [3.63, 3.8) is 0 Å². The fourth-order valence-corrected chi connectivity index (χ4v) is 2.82. The summed E-state index contributed by atoms with van der Waals surface area (Å²) in [5.74, 6) is -7.50. The van der Waals surface area contributed by atoms with Crippen LogP contribution in [0, 0.1) is 0 Å². The minimum atomic E-state index is -1.60. The molecule has 2 aromatic rings. The number of benzene rings is 2. The summed E-state index contributed by atoms with van der Waals surface area (Å²) in [6.45, 7) is 0. The van der Waals surface area contributed by atoms with Crippen LogP contribution in [0.1, 0.15) is 42.2 Å². The molecule has 5 N–H and O–H groups in total. The molecular formula is C16H10O9. The lowest BCUT2D eigenvalue weighted by Gasteiger charge is -2.22. The quantitative estimate of drug-likeness (QED) is 0.336. The van der Waals surface area contributed by atoms with Gasteiger partial charge in [0.25, 0.3) is 0 Å². The van der Waals surface area contributed by atoms with Gasteiger partial charge in [0.05, 0.1) is 23.8 Å². The maximum Gasteiger partial charge on any atom is 0.343 e. The van der Waals surface area contributed by atoms with Gasteiger partial charge in [0, 0.05) is 11.6 Å². The van der Waals surface area contributed by atoms with E-state index < -0.39 is 74.1 Å². The first kappa shape index (κ1) is 16.1. The molecule has 0 heterocycles. The molecule has 1 aliphatic rings. The van der Waals surface area contributed by atoms with Crippen molar-refractivity contribution in [3.8, 4) is 28.7 Å². The van der Waals surface area contributed by atoms with Crippen LogP contribution >= 0.6 is 0 Å². The van der Waals surface area contributed by atoms with Gasteiger partial charge in [-0.2, -0.15) is 0 Å². The van der Waals surface area contributed by atoms with Gasteiger partial charge in [-0.3, -0.25) is 9.59 Å². The first-order valence-electron chi connectivity index (χ1n) is 6.75. The molecule has 0 fully saturated rings. The van der Waals surface area contributed by atoms with Gasteiger partial charge in [-0.1, -0.05) is 0 Å². The van der Waals surface area contributed by atoms with Crippen LogP contribution in [0.3, 0.4) is 0 Å². The minimum Gasteiger partial charge on any atom is -0.507 e. The Bertz CT molecular complexity index is 988. The van der Waals surface area contributed by atoms with Crippen LogP contribution in [0.4, 0.5) is 0 Å². The predicted octanol–water partition coefficient (Wildman–Crippen LogP) is 0.991. The molecule has 0 saturated heterocycles. The Kier molecular flexibility index (Phi) is 3.31. The molecule has 0 unspecified atom stereocenters. The maximum atomic E-state index is 12.7. The van der Waals surface area contributed by atoms with Crippen molar-refractivity contribution in [3.05, 3.63) is 39.9 Å². The average Bonchev–Trinajstić information content (AvgIpc) is 2.54. The summed E-state index contributed by atoms with van der Waals surface area (Å²) in [7, 11) is 1.04. The van der Waals surface area contributed by atoms with Gasteiger partial charge < -0.3 is 30.3 Å². The molecule has 0 aliphatic heterocycles. The van der Waals surface area contributed by atoms with Crippen LogP contribution in [-0.4, -0.2) is 50.2 Å². The van der Waals surface area contributed by atoms with E-state index in [1.165, 1.54) is 0 Å². The number of aromatic hydroxyl groups is 4. The van der Waals surface area contributed by atoms with Crippen molar-refractivity contribution in [2.45, 2.75) is 0 Å². The third-order valence-corrected chi connectivity index (χ3v) is 3.86. The SMILES string of the molecule is COc1c(C(=O)O)c(O)cc2c1C(=O)c1c(O)cc(O)c(O)c1C2=O. The number of hydrogen-bond donors (Lipinski definition) is 5. The predicted molar refractivity (Wildman–Crippen MR) is 79.9 cm³/mol. The highest BCUT2D eigenvalue weighted by atomic mass is 16.5. The number of fused-ring (bicyclic) bond motifs is 2. The third-order valence-electron chi connectivity index (χ3n) is 3.86. The molecule has 0 atom stereocenters. The normalized spacial score (nSPS) is 12.5. The van der Waals surface area contributed by atoms with E-state index in [1.54, 1.807) is 0 Å². The van der Waals surface area contributed by atoms with Crippen LogP contribution in [0.15, 0.2) is 12.1 Å². The molecular weight excluding hydrogens is 336 g/mol. The lowest BCUT2D eigenvalue weighted by molar-refractivity contribution is 0.0689. The highest BCUT2D eigenvalue weighted by Gasteiger charge is 2.40. The van der Waals surface area contributed by atoms with E-state index in [9.17, 15) is 39.9 Å². The van der Waals surface area contributed by atoms with E-state index >= 15 is 0 Å². The summed E-state index contributed by atoms with van der Waals surface area (Å²) in [6, 6.07) is 1.43. The maximum absolute atomic E-state index is 12.7. The van der Waals surface area contributed by atoms with E-state index in [2.05, 4.69) is 0 Å². The number of ketones is 2. The molecule has 0 bridgehead atoms. The second kappa shape index (κ2) is 5.13. The summed E-state index contributed by atoms with van der Waals surface area (Å²) in [5, 5.41) is 48.5. The number of ether oxygens (including phenoxy) is 1. The molecule has 1 aliphatic carbocycles. The number of rotatable bonds is 2. The summed E-state index contributed by atoms with van der Waals surface area (Å²) in [4.78, 5) is 36.7. The van der Waals surface area contributed by atoms with Gasteiger partial charge in [0.15, 0.2) is 17.3 Å². The van der Waals surface area contributed by atoms with Gasteiger partial charge in [-0.05, 0) is 6.07 Å². The number of carbonyl (C=O) groups is 3. The first-order valence-corrected chi connectivity index (χ1v) is 6.75. The number of methoxy groups -OCH3 is 1. The molecule has 0 spiro atoms. The molecule has 3 rings (SSSR count). The number of carboxylic acid groups (broad SMARTS) is 1. The van der Waals surface area contributed by atoms with E-state index in [0.29, 0.717) is 6.07 Å². The van der Waals surface area contributed by atoms with E-state index in [-0.39, 0.29) is 0 Å². The standard InChI is InChI=1S/C16H10O9/c1-25-15-8-4(2-5(17)10(15)16(23)24)12(20)11-9(14(8)22)6(18)3-7(19)13(11)21/h2-3,17-19,21H,1H3,(H,23,24). The smallest absolute Gasteiger partial charge is 0.343 e. The van der Waals surface area contributed by atoms with Crippen LogP contribution in [0.2, 0.25) is 0 Å². The van der Waals surface area contributed by atoms with Crippen molar-refractivity contribution >= 4 is 17.5 Å². The minimum absolute atomic E-state index is 0.433. The fraction of sp³-hybridized carbons (Fsp3) is 0.0625. The van der Waals surface area contributed by atoms with Crippen LogP contribution < -0.4 is 4.74 Å². The first-order chi connectivity index (χ1) is 11.7. The summed E-state index contributed by atoms with van der Waals surface area (Å²) in [6.07, 6.45) is 0. The largest absolute Gasteiger partial charge is 0.507 e. The van der Waals surface area contributed by atoms with E-state index in [0.717, 1.165) is 13.2 Å². The highest BCUT2D eigenvalue weighted by Crippen LogP contribution is 2.46. The Morgan fingerprint density at radius 2 is 1.52 bits per heavy atom. The Balaban J connectivity index is 2.47. The lowest BCUT2D eigenvalue weighted by Crippen LogP contribution is -2.23.